The Morgan fingerprint density at radius 2 is 2.16 bits per heavy atom. The summed E-state index contributed by atoms with van der Waals surface area (Å²) in [7, 11) is 0. The zero-order valence-electron chi connectivity index (χ0n) is 18.0. The van der Waals surface area contributed by atoms with Crippen LogP contribution in [-0.2, 0) is 35.5 Å². The van der Waals surface area contributed by atoms with E-state index in [2.05, 4.69) is 11.9 Å². The molecule has 0 saturated carbocycles. The highest BCUT2D eigenvalue weighted by molar-refractivity contribution is 7.99. The molecule has 0 unspecified atom stereocenters. The lowest BCUT2D eigenvalue weighted by atomic mass is 10.2. The van der Waals surface area contributed by atoms with E-state index in [1.165, 1.54) is 22.2 Å². The average molecular weight is 470 g/mol. The van der Waals surface area contributed by atoms with Gasteiger partial charge in [0.2, 0.25) is 5.91 Å². The number of nitrogens with one attached hydrogen (secondary N) is 1. The summed E-state index contributed by atoms with van der Waals surface area (Å²) in [5.41, 5.74) is 2.29. The van der Waals surface area contributed by atoms with Crippen LogP contribution in [0.3, 0.4) is 0 Å². The van der Waals surface area contributed by atoms with Gasteiger partial charge in [-0.1, -0.05) is 48.2 Å². The number of carbonyl (C=O) groups excluding carboxylic acids is 1. The standard InChI is InChI=1S/C24H27N3O3S2/c1-2-13-27-23(29)21-18-10-6-11-19(18)32-22(21)26-24(27)31-16-20(28)25-12-7-14-30-15-17-8-4-3-5-9-17/h2-5,8-9H,1,6-7,10-16H2,(H,25,28). The lowest BCUT2D eigenvalue weighted by Crippen LogP contribution is -2.28. The summed E-state index contributed by atoms with van der Waals surface area (Å²) >= 11 is 2.92. The fraction of sp³-hybridized carbons (Fsp3) is 0.375. The number of thiophene rings is 1. The number of hydrogen-bond donors (Lipinski definition) is 1. The minimum atomic E-state index is -0.0776. The molecule has 0 bridgehead atoms. The molecular formula is C24H27N3O3S2. The van der Waals surface area contributed by atoms with Gasteiger partial charge in [0.25, 0.3) is 5.56 Å². The molecule has 1 aliphatic rings. The van der Waals surface area contributed by atoms with E-state index in [0.717, 1.165) is 41.5 Å². The van der Waals surface area contributed by atoms with Gasteiger partial charge in [-0.2, -0.15) is 0 Å². The van der Waals surface area contributed by atoms with Gasteiger partial charge in [0.1, 0.15) is 4.83 Å². The highest BCUT2D eigenvalue weighted by atomic mass is 32.2. The van der Waals surface area contributed by atoms with E-state index in [0.29, 0.717) is 31.5 Å². The third kappa shape index (κ3) is 5.31. The Balaban J connectivity index is 1.28. The topological polar surface area (TPSA) is 73.2 Å². The fourth-order valence-corrected chi connectivity index (χ4v) is 5.95. The van der Waals surface area contributed by atoms with Crippen molar-refractivity contribution in [1.29, 1.82) is 0 Å². The molecule has 0 aliphatic heterocycles. The largest absolute Gasteiger partial charge is 0.377 e. The maximum Gasteiger partial charge on any atom is 0.263 e. The second-order valence-corrected chi connectivity index (χ2v) is 9.69. The summed E-state index contributed by atoms with van der Waals surface area (Å²) in [5, 5.41) is 4.24. The van der Waals surface area contributed by atoms with Crippen LogP contribution in [0.1, 0.15) is 28.8 Å². The molecular weight excluding hydrogens is 442 g/mol. The van der Waals surface area contributed by atoms with Gasteiger partial charge in [-0.15, -0.1) is 17.9 Å². The number of benzene rings is 1. The average Bonchev–Trinajstić information content (AvgIpc) is 3.38. The SMILES string of the molecule is C=CCn1c(SCC(=O)NCCCOCc2ccccc2)nc2sc3c(c2c1=O)CCC3. The molecule has 168 valence electrons. The minimum absolute atomic E-state index is 0.0206. The van der Waals surface area contributed by atoms with Crippen LogP contribution in [0.25, 0.3) is 10.2 Å². The van der Waals surface area contributed by atoms with Gasteiger partial charge in [0.05, 0.1) is 17.7 Å². The zero-order chi connectivity index (χ0) is 22.3. The maximum atomic E-state index is 13.1. The smallest absolute Gasteiger partial charge is 0.263 e. The Hall–Kier alpha value is -2.42. The molecule has 0 radical (unpaired) electrons. The van der Waals surface area contributed by atoms with Gasteiger partial charge in [-0.05, 0) is 36.8 Å². The Morgan fingerprint density at radius 3 is 2.97 bits per heavy atom. The van der Waals surface area contributed by atoms with E-state index in [1.807, 2.05) is 30.3 Å². The van der Waals surface area contributed by atoms with Crippen molar-refractivity contribution >= 4 is 39.2 Å². The predicted molar refractivity (Wildman–Crippen MR) is 131 cm³/mol. The van der Waals surface area contributed by atoms with Gasteiger partial charge in [-0.3, -0.25) is 14.2 Å². The van der Waals surface area contributed by atoms with Crippen molar-refractivity contribution in [3.05, 3.63) is 69.3 Å². The van der Waals surface area contributed by atoms with Crippen LogP contribution < -0.4 is 10.9 Å². The van der Waals surface area contributed by atoms with Gasteiger partial charge in [0.15, 0.2) is 5.16 Å². The van der Waals surface area contributed by atoms with Gasteiger partial charge in [0, 0.05) is 24.6 Å². The highest BCUT2D eigenvalue weighted by Gasteiger charge is 2.23. The van der Waals surface area contributed by atoms with Gasteiger partial charge >= 0.3 is 0 Å². The van der Waals surface area contributed by atoms with Crippen molar-refractivity contribution < 1.29 is 9.53 Å². The number of rotatable bonds is 11. The first kappa shape index (κ1) is 22.8. The maximum absolute atomic E-state index is 13.1. The van der Waals surface area contributed by atoms with E-state index in [4.69, 9.17) is 9.72 Å². The van der Waals surface area contributed by atoms with Crippen molar-refractivity contribution in [2.45, 2.75) is 44.0 Å². The first-order valence-electron chi connectivity index (χ1n) is 10.8. The highest BCUT2D eigenvalue weighted by Crippen LogP contribution is 2.35. The Kier molecular flexibility index (Phi) is 7.78. The van der Waals surface area contributed by atoms with E-state index in [1.54, 1.807) is 22.0 Å². The molecule has 0 saturated heterocycles. The molecule has 3 aromatic rings. The number of aromatic nitrogens is 2. The van der Waals surface area contributed by atoms with Crippen LogP contribution in [0.4, 0.5) is 0 Å². The molecule has 2 heterocycles. The molecule has 0 fully saturated rings. The molecule has 1 aromatic carbocycles. The number of aryl methyl sites for hydroxylation is 2. The van der Waals surface area contributed by atoms with E-state index < -0.39 is 0 Å². The van der Waals surface area contributed by atoms with Crippen LogP contribution >= 0.6 is 23.1 Å². The number of fused-ring (bicyclic) bond motifs is 3. The minimum Gasteiger partial charge on any atom is -0.377 e. The van der Waals surface area contributed by atoms with Crippen molar-refractivity contribution in [3.63, 3.8) is 0 Å². The number of allylic oxidation sites excluding steroid dienone is 1. The molecule has 1 amide bonds. The molecule has 8 heteroatoms. The van der Waals surface area contributed by atoms with Crippen molar-refractivity contribution in [2.24, 2.45) is 0 Å². The second-order valence-electron chi connectivity index (χ2n) is 7.67. The summed E-state index contributed by atoms with van der Waals surface area (Å²) in [6, 6.07) is 10.0. The third-order valence-corrected chi connectivity index (χ3v) is 7.50. The van der Waals surface area contributed by atoms with Crippen molar-refractivity contribution in [2.75, 3.05) is 18.9 Å². The van der Waals surface area contributed by atoms with Gasteiger partial charge in [-0.25, -0.2) is 4.98 Å². The summed E-state index contributed by atoms with van der Waals surface area (Å²) in [5.74, 6) is 0.136. The number of nitrogens with zero attached hydrogens (tertiary/aromatic N) is 2. The van der Waals surface area contributed by atoms with Crippen LogP contribution in [-0.4, -0.2) is 34.4 Å². The summed E-state index contributed by atoms with van der Waals surface area (Å²) in [6.45, 7) is 5.87. The summed E-state index contributed by atoms with van der Waals surface area (Å²) in [6.07, 6.45) is 5.52. The predicted octanol–water partition coefficient (Wildman–Crippen LogP) is 3.95. The number of amides is 1. The van der Waals surface area contributed by atoms with E-state index >= 15 is 0 Å². The monoisotopic (exact) mass is 469 g/mol. The summed E-state index contributed by atoms with van der Waals surface area (Å²) < 4.78 is 7.28. The van der Waals surface area contributed by atoms with Crippen LogP contribution in [0.2, 0.25) is 0 Å². The fourth-order valence-electron chi connectivity index (χ4n) is 3.81. The van der Waals surface area contributed by atoms with Crippen LogP contribution in [0.5, 0.6) is 0 Å². The number of thioether (sulfide) groups is 1. The summed E-state index contributed by atoms with van der Waals surface area (Å²) in [4.78, 5) is 32.2. The Bertz CT molecular complexity index is 1150. The normalized spacial score (nSPS) is 12.8. The van der Waals surface area contributed by atoms with E-state index in [9.17, 15) is 9.59 Å². The number of carbonyl (C=O) groups is 1. The quantitative estimate of drug-likeness (QED) is 0.199. The Morgan fingerprint density at radius 1 is 1.31 bits per heavy atom. The molecule has 6 nitrogen and oxygen atoms in total. The molecule has 0 spiro atoms. The number of hydrogen-bond acceptors (Lipinski definition) is 6. The first-order chi connectivity index (χ1) is 15.7. The molecule has 2 aromatic heterocycles. The first-order valence-corrected chi connectivity index (χ1v) is 12.6. The van der Waals surface area contributed by atoms with Crippen LogP contribution in [0.15, 0.2) is 52.9 Å². The molecule has 32 heavy (non-hydrogen) atoms. The molecule has 4 rings (SSSR count). The van der Waals surface area contributed by atoms with Gasteiger partial charge < -0.3 is 10.1 Å². The molecule has 0 atom stereocenters. The van der Waals surface area contributed by atoms with Crippen LogP contribution in [0, 0.1) is 0 Å². The lowest BCUT2D eigenvalue weighted by molar-refractivity contribution is -0.118. The lowest BCUT2D eigenvalue weighted by Gasteiger charge is -2.11. The molecule has 1 aliphatic carbocycles. The third-order valence-electron chi connectivity index (χ3n) is 5.33. The zero-order valence-corrected chi connectivity index (χ0v) is 19.6. The van der Waals surface area contributed by atoms with E-state index in [-0.39, 0.29) is 17.2 Å². The van der Waals surface area contributed by atoms with Crippen molar-refractivity contribution in [3.8, 4) is 0 Å². The number of ether oxygens (including phenoxy) is 1. The second kappa shape index (κ2) is 10.9. The van der Waals surface area contributed by atoms with Crippen molar-refractivity contribution in [1.82, 2.24) is 14.9 Å². The molecule has 1 N–H and O–H groups in total. The Labute approximate surface area is 195 Å².